The van der Waals surface area contributed by atoms with Gasteiger partial charge in [-0.25, -0.2) is 4.98 Å². The molecule has 16 heavy (non-hydrogen) atoms. The van der Waals surface area contributed by atoms with Gasteiger partial charge in [0.1, 0.15) is 5.02 Å². The zero-order valence-electron chi connectivity index (χ0n) is 8.49. The Morgan fingerprint density at radius 3 is 3.06 bits per heavy atom. The predicted octanol–water partition coefficient (Wildman–Crippen LogP) is -0.250. The largest absolute Gasteiger partial charge is 0.354 e. The summed E-state index contributed by atoms with van der Waals surface area (Å²) in [6, 6.07) is 0. The van der Waals surface area contributed by atoms with Crippen LogP contribution < -0.4 is 15.8 Å². The quantitative estimate of drug-likeness (QED) is 0.712. The number of nitrogens with one attached hydrogen (secondary N) is 2. The molecule has 2 rings (SSSR count). The Labute approximate surface area is 96.6 Å². The van der Waals surface area contributed by atoms with Crippen LogP contribution in [0.2, 0.25) is 5.02 Å². The maximum Gasteiger partial charge on any atom is 0.271 e. The number of carbonyl (C=O) groups excluding carboxylic acids is 1. The number of nitrogens with zero attached hydrogens (tertiary/aromatic N) is 2. The molecule has 6 nitrogen and oxygen atoms in total. The molecule has 0 atom stereocenters. The molecule has 1 fully saturated rings. The third-order valence-electron chi connectivity index (χ3n) is 2.34. The van der Waals surface area contributed by atoms with Gasteiger partial charge in [0, 0.05) is 13.1 Å². The first-order valence-electron chi connectivity index (χ1n) is 4.93. The number of amides is 1. The second-order valence-corrected chi connectivity index (χ2v) is 3.87. The number of hydrogen-bond acceptors (Lipinski definition) is 4. The van der Waals surface area contributed by atoms with Crippen molar-refractivity contribution in [3.63, 3.8) is 0 Å². The number of aromatic nitrogens is 2. The number of H-pyrrole nitrogens is 1. The second kappa shape index (κ2) is 4.52. The summed E-state index contributed by atoms with van der Waals surface area (Å²) in [4.78, 5) is 30.7. The highest BCUT2D eigenvalue weighted by Gasteiger charge is 2.19. The minimum atomic E-state index is -0.392. The molecule has 1 saturated heterocycles. The van der Waals surface area contributed by atoms with Gasteiger partial charge in [-0.3, -0.25) is 9.59 Å². The molecule has 1 aromatic rings. The maximum absolute atomic E-state index is 11.4. The Morgan fingerprint density at radius 2 is 2.25 bits per heavy atom. The van der Waals surface area contributed by atoms with Crippen molar-refractivity contribution in [1.82, 2.24) is 15.3 Å². The van der Waals surface area contributed by atoms with Crippen molar-refractivity contribution >= 4 is 23.3 Å². The first kappa shape index (κ1) is 10.9. The summed E-state index contributed by atoms with van der Waals surface area (Å²) in [5, 5.41) is 2.77. The molecule has 1 amide bonds. The van der Waals surface area contributed by atoms with E-state index in [0.29, 0.717) is 18.9 Å². The molecule has 0 radical (unpaired) electrons. The van der Waals surface area contributed by atoms with Crippen LogP contribution in [0.15, 0.2) is 11.1 Å². The number of rotatable bonds is 1. The van der Waals surface area contributed by atoms with Gasteiger partial charge in [0.25, 0.3) is 5.56 Å². The van der Waals surface area contributed by atoms with Crippen LogP contribution in [0.5, 0.6) is 0 Å². The van der Waals surface area contributed by atoms with Crippen molar-refractivity contribution in [1.29, 1.82) is 0 Å². The molecule has 0 spiro atoms. The molecular weight excluding hydrogens is 232 g/mol. The first-order chi connectivity index (χ1) is 7.68. The minimum absolute atomic E-state index is 0.0252. The third kappa shape index (κ3) is 2.16. The molecule has 0 bridgehead atoms. The van der Waals surface area contributed by atoms with E-state index in [1.807, 2.05) is 0 Å². The molecule has 1 aromatic heterocycles. The van der Waals surface area contributed by atoms with Crippen LogP contribution in [0.25, 0.3) is 0 Å². The fraction of sp³-hybridized carbons (Fsp3) is 0.444. The SMILES string of the molecule is O=C1CN(c2nc[nH]c(=O)c2Cl)CCCN1. The van der Waals surface area contributed by atoms with Gasteiger partial charge in [-0.05, 0) is 6.42 Å². The van der Waals surface area contributed by atoms with Crippen molar-refractivity contribution in [2.75, 3.05) is 24.5 Å². The fourth-order valence-corrected chi connectivity index (χ4v) is 1.80. The summed E-state index contributed by atoms with van der Waals surface area (Å²) in [7, 11) is 0. The minimum Gasteiger partial charge on any atom is -0.354 e. The van der Waals surface area contributed by atoms with Gasteiger partial charge in [-0.2, -0.15) is 0 Å². The summed E-state index contributed by atoms with van der Waals surface area (Å²) in [6.45, 7) is 1.46. The molecular formula is C9H11ClN4O2. The average Bonchev–Trinajstić information content (AvgIpc) is 2.47. The molecule has 1 aliphatic heterocycles. The Morgan fingerprint density at radius 1 is 1.44 bits per heavy atom. The lowest BCUT2D eigenvalue weighted by molar-refractivity contribution is -0.119. The van der Waals surface area contributed by atoms with E-state index in [2.05, 4.69) is 15.3 Å². The zero-order valence-corrected chi connectivity index (χ0v) is 9.25. The molecule has 1 aliphatic rings. The molecule has 2 N–H and O–H groups in total. The predicted molar refractivity (Wildman–Crippen MR) is 59.7 cm³/mol. The monoisotopic (exact) mass is 242 g/mol. The number of halogens is 1. The van der Waals surface area contributed by atoms with Crippen molar-refractivity contribution in [3.05, 3.63) is 21.7 Å². The van der Waals surface area contributed by atoms with Crippen LogP contribution >= 0.6 is 11.6 Å². The van der Waals surface area contributed by atoms with Crippen molar-refractivity contribution < 1.29 is 4.79 Å². The summed E-state index contributed by atoms with van der Waals surface area (Å²) in [6.07, 6.45) is 2.09. The fourth-order valence-electron chi connectivity index (χ4n) is 1.58. The van der Waals surface area contributed by atoms with Gasteiger partial charge in [0.05, 0.1) is 12.9 Å². The van der Waals surface area contributed by atoms with Gasteiger partial charge in [0.2, 0.25) is 5.91 Å². The third-order valence-corrected chi connectivity index (χ3v) is 2.68. The molecule has 7 heteroatoms. The van der Waals surface area contributed by atoms with E-state index in [4.69, 9.17) is 11.6 Å². The van der Waals surface area contributed by atoms with Crippen LogP contribution in [-0.4, -0.2) is 35.5 Å². The van der Waals surface area contributed by atoms with Gasteiger partial charge < -0.3 is 15.2 Å². The van der Waals surface area contributed by atoms with Gasteiger partial charge in [0.15, 0.2) is 5.82 Å². The van der Waals surface area contributed by atoms with E-state index in [1.165, 1.54) is 6.33 Å². The van der Waals surface area contributed by atoms with E-state index >= 15 is 0 Å². The summed E-state index contributed by atoms with van der Waals surface area (Å²) in [5.41, 5.74) is -0.392. The topological polar surface area (TPSA) is 78.1 Å². The lowest BCUT2D eigenvalue weighted by atomic mass is 10.4. The number of hydrogen-bond donors (Lipinski definition) is 2. The molecule has 0 saturated carbocycles. The van der Waals surface area contributed by atoms with Gasteiger partial charge >= 0.3 is 0 Å². The Kier molecular flexibility index (Phi) is 3.09. The summed E-state index contributed by atoms with van der Waals surface area (Å²) in [5.74, 6) is 0.276. The molecule has 0 aliphatic carbocycles. The Bertz CT molecular complexity index is 459. The van der Waals surface area contributed by atoms with Gasteiger partial charge in [-0.1, -0.05) is 11.6 Å². The number of carbonyl (C=O) groups is 1. The molecule has 2 heterocycles. The smallest absolute Gasteiger partial charge is 0.271 e. The first-order valence-corrected chi connectivity index (χ1v) is 5.31. The van der Waals surface area contributed by atoms with Gasteiger partial charge in [-0.15, -0.1) is 0 Å². The van der Waals surface area contributed by atoms with Crippen LogP contribution in [0.1, 0.15) is 6.42 Å². The summed E-state index contributed by atoms with van der Waals surface area (Å²) >= 11 is 5.85. The standard InChI is InChI=1S/C9H11ClN4O2/c10-7-8(12-5-13-9(7)16)14-3-1-2-11-6(15)4-14/h5H,1-4H2,(H,11,15)(H,12,13,16). The van der Waals surface area contributed by atoms with E-state index in [9.17, 15) is 9.59 Å². The maximum atomic E-state index is 11.4. The van der Waals surface area contributed by atoms with Crippen LogP contribution in [0.3, 0.4) is 0 Å². The van der Waals surface area contributed by atoms with Crippen LogP contribution in [0.4, 0.5) is 5.82 Å². The average molecular weight is 243 g/mol. The highest BCUT2D eigenvalue weighted by molar-refractivity contribution is 6.32. The lowest BCUT2D eigenvalue weighted by Gasteiger charge is -2.20. The normalized spacial score (nSPS) is 16.8. The van der Waals surface area contributed by atoms with E-state index in [1.54, 1.807) is 4.90 Å². The Balaban J connectivity index is 2.32. The van der Waals surface area contributed by atoms with Crippen LogP contribution in [0, 0.1) is 0 Å². The summed E-state index contributed by atoms with van der Waals surface area (Å²) < 4.78 is 0. The molecule has 86 valence electrons. The van der Waals surface area contributed by atoms with Crippen LogP contribution in [-0.2, 0) is 4.79 Å². The van der Waals surface area contributed by atoms with E-state index in [-0.39, 0.29) is 17.5 Å². The lowest BCUT2D eigenvalue weighted by Crippen LogP contribution is -2.34. The van der Waals surface area contributed by atoms with Crippen molar-refractivity contribution in [2.45, 2.75) is 6.42 Å². The van der Waals surface area contributed by atoms with Crippen molar-refractivity contribution in [2.24, 2.45) is 0 Å². The highest BCUT2D eigenvalue weighted by atomic mass is 35.5. The molecule has 0 unspecified atom stereocenters. The number of anilines is 1. The number of aromatic amines is 1. The van der Waals surface area contributed by atoms with E-state index in [0.717, 1.165) is 6.42 Å². The highest BCUT2D eigenvalue weighted by Crippen LogP contribution is 2.18. The van der Waals surface area contributed by atoms with E-state index < -0.39 is 5.56 Å². The molecule has 0 aromatic carbocycles. The van der Waals surface area contributed by atoms with Crippen molar-refractivity contribution in [3.8, 4) is 0 Å². The Hall–Kier alpha value is -1.56. The zero-order chi connectivity index (χ0) is 11.5. The second-order valence-electron chi connectivity index (χ2n) is 3.49.